The van der Waals surface area contributed by atoms with E-state index in [9.17, 15) is 4.79 Å². The van der Waals surface area contributed by atoms with Crippen molar-refractivity contribution in [3.05, 3.63) is 46.8 Å². The Balaban J connectivity index is 2.24. The lowest BCUT2D eigenvalue weighted by Crippen LogP contribution is -2.32. The zero-order chi connectivity index (χ0) is 13.8. The van der Waals surface area contributed by atoms with Gasteiger partial charge in [0.2, 0.25) is 0 Å². The number of hydrogen-bond donors (Lipinski definition) is 2. The second-order valence-electron chi connectivity index (χ2n) is 4.01. The van der Waals surface area contributed by atoms with Gasteiger partial charge < -0.3 is 10.8 Å². The number of halogens is 1. The molecule has 19 heavy (non-hydrogen) atoms. The third-order valence-corrected chi connectivity index (χ3v) is 3.09. The third kappa shape index (κ3) is 3.59. The standard InChI is InChI=1S/C13H12BrN3O2/c14-9-3-1-8(2-4-9)11-5-6-16-12(17-11)7-10(15)13(18)19/h1-6,10H,7,15H2,(H,18,19). The van der Waals surface area contributed by atoms with Crippen molar-refractivity contribution in [2.75, 3.05) is 0 Å². The van der Waals surface area contributed by atoms with Crippen molar-refractivity contribution in [1.29, 1.82) is 0 Å². The largest absolute Gasteiger partial charge is 0.480 e. The maximum atomic E-state index is 10.7. The number of carboxylic acids is 1. The number of hydrogen-bond acceptors (Lipinski definition) is 4. The highest BCUT2D eigenvalue weighted by atomic mass is 79.9. The van der Waals surface area contributed by atoms with Crippen LogP contribution >= 0.6 is 15.9 Å². The van der Waals surface area contributed by atoms with E-state index in [1.807, 2.05) is 24.3 Å². The van der Waals surface area contributed by atoms with Crippen molar-refractivity contribution in [1.82, 2.24) is 9.97 Å². The Labute approximate surface area is 118 Å². The molecule has 98 valence electrons. The molecule has 1 heterocycles. The van der Waals surface area contributed by atoms with Crippen molar-refractivity contribution < 1.29 is 9.90 Å². The molecule has 1 aromatic heterocycles. The first-order valence-corrected chi connectivity index (χ1v) is 6.42. The van der Waals surface area contributed by atoms with Crippen LogP contribution < -0.4 is 5.73 Å². The van der Waals surface area contributed by atoms with Crippen molar-refractivity contribution in [2.45, 2.75) is 12.5 Å². The summed E-state index contributed by atoms with van der Waals surface area (Å²) in [5, 5.41) is 8.77. The van der Waals surface area contributed by atoms with Crippen LogP contribution in [0.25, 0.3) is 11.3 Å². The number of aliphatic carboxylic acids is 1. The van der Waals surface area contributed by atoms with E-state index < -0.39 is 12.0 Å². The summed E-state index contributed by atoms with van der Waals surface area (Å²) < 4.78 is 0.985. The molecule has 2 rings (SSSR count). The van der Waals surface area contributed by atoms with Gasteiger partial charge in [-0.3, -0.25) is 4.79 Å². The number of carbonyl (C=O) groups is 1. The highest BCUT2D eigenvalue weighted by Gasteiger charge is 2.14. The van der Waals surface area contributed by atoms with E-state index in [4.69, 9.17) is 10.8 Å². The molecule has 0 aliphatic rings. The monoisotopic (exact) mass is 321 g/mol. The molecular weight excluding hydrogens is 310 g/mol. The molecule has 0 aliphatic carbocycles. The molecule has 0 aliphatic heterocycles. The van der Waals surface area contributed by atoms with E-state index in [0.717, 1.165) is 15.7 Å². The maximum absolute atomic E-state index is 10.7. The molecule has 2 aromatic rings. The van der Waals surface area contributed by atoms with Gasteiger partial charge in [-0.05, 0) is 18.2 Å². The molecule has 0 bridgehead atoms. The number of rotatable bonds is 4. The average Bonchev–Trinajstić information content (AvgIpc) is 2.39. The van der Waals surface area contributed by atoms with E-state index >= 15 is 0 Å². The van der Waals surface area contributed by atoms with Gasteiger partial charge in [-0.15, -0.1) is 0 Å². The molecule has 0 saturated heterocycles. The Morgan fingerprint density at radius 2 is 2.00 bits per heavy atom. The van der Waals surface area contributed by atoms with Gasteiger partial charge in [0.25, 0.3) is 0 Å². The van der Waals surface area contributed by atoms with Gasteiger partial charge in [0.05, 0.1) is 5.69 Å². The second kappa shape index (κ2) is 5.90. The quantitative estimate of drug-likeness (QED) is 0.897. The fraction of sp³-hybridized carbons (Fsp3) is 0.154. The predicted molar refractivity (Wildman–Crippen MR) is 74.5 cm³/mol. The van der Waals surface area contributed by atoms with Crippen molar-refractivity contribution >= 4 is 21.9 Å². The van der Waals surface area contributed by atoms with E-state index in [2.05, 4.69) is 25.9 Å². The number of nitrogens with zero attached hydrogens (tertiary/aromatic N) is 2. The van der Waals surface area contributed by atoms with Crippen molar-refractivity contribution in [3.8, 4) is 11.3 Å². The van der Waals surface area contributed by atoms with Crippen LogP contribution in [0.3, 0.4) is 0 Å². The highest BCUT2D eigenvalue weighted by Crippen LogP contribution is 2.19. The van der Waals surface area contributed by atoms with Gasteiger partial charge in [-0.2, -0.15) is 0 Å². The van der Waals surface area contributed by atoms with Gasteiger partial charge in [-0.25, -0.2) is 9.97 Å². The molecule has 0 amide bonds. The highest BCUT2D eigenvalue weighted by molar-refractivity contribution is 9.10. The summed E-state index contributed by atoms with van der Waals surface area (Å²) >= 11 is 3.37. The number of carboxylic acid groups (broad SMARTS) is 1. The van der Waals surface area contributed by atoms with Crippen LogP contribution in [0.5, 0.6) is 0 Å². The van der Waals surface area contributed by atoms with E-state index in [1.54, 1.807) is 12.3 Å². The zero-order valence-corrected chi connectivity index (χ0v) is 11.5. The Hall–Kier alpha value is -1.79. The fourth-order valence-electron chi connectivity index (χ4n) is 1.56. The van der Waals surface area contributed by atoms with Crippen molar-refractivity contribution in [2.24, 2.45) is 5.73 Å². The number of aromatic nitrogens is 2. The first-order chi connectivity index (χ1) is 9.06. The second-order valence-corrected chi connectivity index (χ2v) is 4.93. The minimum atomic E-state index is -1.06. The molecule has 3 N–H and O–H groups in total. The first kappa shape index (κ1) is 13.6. The maximum Gasteiger partial charge on any atom is 0.320 e. The SMILES string of the molecule is NC(Cc1nccc(-c2ccc(Br)cc2)n1)C(=O)O. The summed E-state index contributed by atoms with van der Waals surface area (Å²) in [5.41, 5.74) is 7.16. The lowest BCUT2D eigenvalue weighted by atomic mass is 10.1. The lowest BCUT2D eigenvalue weighted by Gasteiger charge is -2.07. The number of nitrogens with two attached hydrogens (primary N) is 1. The third-order valence-electron chi connectivity index (χ3n) is 2.57. The van der Waals surface area contributed by atoms with Crippen molar-refractivity contribution in [3.63, 3.8) is 0 Å². The molecule has 6 heteroatoms. The molecule has 5 nitrogen and oxygen atoms in total. The number of benzene rings is 1. The molecule has 1 unspecified atom stereocenters. The Morgan fingerprint density at radius 3 is 2.63 bits per heavy atom. The van der Waals surface area contributed by atoms with Crippen LogP contribution in [0.1, 0.15) is 5.82 Å². The molecule has 1 atom stereocenters. The zero-order valence-electron chi connectivity index (χ0n) is 9.95. The lowest BCUT2D eigenvalue weighted by molar-refractivity contribution is -0.138. The van der Waals surface area contributed by atoms with Gasteiger partial charge in [0, 0.05) is 22.7 Å². The van der Waals surface area contributed by atoms with E-state index in [1.165, 1.54) is 0 Å². The molecular formula is C13H12BrN3O2. The summed E-state index contributed by atoms with van der Waals surface area (Å²) in [4.78, 5) is 19.1. The van der Waals surface area contributed by atoms with Crippen LogP contribution in [0, 0.1) is 0 Å². The van der Waals surface area contributed by atoms with Gasteiger partial charge in [-0.1, -0.05) is 28.1 Å². The Bertz CT molecular complexity index is 587. The summed E-state index contributed by atoms with van der Waals surface area (Å²) in [6.45, 7) is 0. The summed E-state index contributed by atoms with van der Waals surface area (Å²) in [5.74, 6) is -0.632. The molecule has 1 aromatic carbocycles. The average molecular weight is 322 g/mol. The Morgan fingerprint density at radius 1 is 1.32 bits per heavy atom. The smallest absolute Gasteiger partial charge is 0.320 e. The normalized spacial score (nSPS) is 12.1. The van der Waals surface area contributed by atoms with E-state index in [-0.39, 0.29) is 6.42 Å². The molecule has 0 saturated carbocycles. The minimum Gasteiger partial charge on any atom is -0.480 e. The van der Waals surface area contributed by atoms with Gasteiger partial charge in [0.1, 0.15) is 11.9 Å². The van der Waals surface area contributed by atoms with Crippen LogP contribution in [0.2, 0.25) is 0 Å². The molecule has 0 fully saturated rings. The van der Waals surface area contributed by atoms with Crippen LogP contribution in [0.15, 0.2) is 41.0 Å². The topological polar surface area (TPSA) is 89.1 Å². The fourth-order valence-corrected chi connectivity index (χ4v) is 1.83. The van der Waals surface area contributed by atoms with Gasteiger partial charge in [0.15, 0.2) is 0 Å². The van der Waals surface area contributed by atoms with Crippen LogP contribution in [0.4, 0.5) is 0 Å². The van der Waals surface area contributed by atoms with Gasteiger partial charge >= 0.3 is 5.97 Å². The minimum absolute atomic E-state index is 0.111. The molecule has 0 spiro atoms. The Kier molecular flexibility index (Phi) is 4.24. The summed E-state index contributed by atoms with van der Waals surface area (Å²) in [7, 11) is 0. The van der Waals surface area contributed by atoms with Crippen LogP contribution in [-0.4, -0.2) is 27.1 Å². The summed E-state index contributed by atoms with van der Waals surface area (Å²) in [6.07, 6.45) is 1.72. The predicted octanol–water partition coefficient (Wildman–Crippen LogP) is 1.86. The molecule has 0 radical (unpaired) electrons. The van der Waals surface area contributed by atoms with E-state index in [0.29, 0.717) is 5.82 Å². The van der Waals surface area contributed by atoms with Crippen LogP contribution in [-0.2, 0) is 11.2 Å². The summed E-state index contributed by atoms with van der Waals surface area (Å²) in [6, 6.07) is 8.47. The first-order valence-electron chi connectivity index (χ1n) is 5.62.